The lowest BCUT2D eigenvalue weighted by molar-refractivity contribution is 0.0491. The lowest BCUT2D eigenvalue weighted by Crippen LogP contribution is -2.50. The van der Waals surface area contributed by atoms with Crippen molar-refractivity contribution < 1.29 is 4.79 Å². The summed E-state index contributed by atoms with van der Waals surface area (Å²) in [6.07, 6.45) is 7.94. The van der Waals surface area contributed by atoms with Crippen molar-refractivity contribution >= 4 is 5.78 Å². The van der Waals surface area contributed by atoms with E-state index in [-0.39, 0.29) is 17.1 Å². The molecule has 0 spiro atoms. The molecule has 1 fully saturated rings. The van der Waals surface area contributed by atoms with Gasteiger partial charge >= 0.3 is 0 Å². The first-order valence-corrected chi connectivity index (χ1v) is 10.1. The molecule has 1 aromatic carbocycles. The van der Waals surface area contributed by atoms with Gasteiger partial charge in [-0.15, -0.1) is 0 Å². The summed E-state index contributed by atoms with van der Waals surface area (Å²) in [7, 11) is 0. The molecule has 0 bridgehead atoms. The van der Waals surface area contributed by atoms with E-state index in [1.165, 1.54) is 36.0 Å². The molecular formula is C23H30N2O. The largest absolute Gasteiger partial charge is 0.342 e. The molecule has 1 heterocycles. The number of nitrogens with zero attached hydrogens (tertiary/aromatic N) is 1. The average Bonchev–Trinajstić information content (AvgIpc) is 3.14. The van der Waals surface area contributed by atoms with Gasteiger partial charge < -0.3 is 4.98 Å². The standard InChI is InChI=1S/C23H30N2O/c1-14(2)16-7-8-19-17(12-16)13-18(21(26)22-24-10-11-25-22)20-15(3)6-5-9-23(19,20)4/h7-8,10-12,14-15,18,20H,5-6,9,13H2,1-4H3,(H,24,25). The number of hydrogen-bond donors (Lipinski definition) is 1. The van der Waals surface area contributed by atoms with Gasteiger partial charge in [0.25, 0.3) is 0 Å². The summed E-state index contributed by atoms with van der Waals surface area (Å²) < 4.78 is 0. The summed E-state index contributed by atoms with van der Waals surface area (Å²) in [6, 6.07) is 7.03. The molecule has 4 rings (SSSR count). The van der Waals surface area contributed by atoms with Crippen molar-refractivity contribution in [3.63, 3.8) is 0 Å². The van der Waals surface area contributed by atoms with Gasteiger partial charge in [-0.05, 0) is 52.7 Å². The summed E-state index contributed by atoms with van der Waals surface area (Å²) in [5, 5.41) is 0. The molecule has 1 N–H and O–H groups in total. The Hall–Kier alpha value is -1.90. The molecule has 3 nitrogen and oxygen atoms in total. The predicted molar refractivity (Wildman–Crippen MR) is 105 cm³/mol. The SMILES string of the molecule is CC(C)c1ccc2c(c1)CC(C(=O)c1ncc[nH]1)C1C(C)CCCC21C. The highest BCUT2D eigenvalue weighted by Gasteiger charge is 2.51. The lowest BCUT2D eigenvalue weighted by atomic mass is 9.51. The summed E-state index contributed by atoms with van der Waals surface area (Å²) in [6.45, 7) is 9.23. The van der Waals surface area contributed by atoms with E-state index in [1.54, 1.807) is 12.4 Å². The van der Waals surface area contributed by atoms with Gasteiger partial charge in [0.2, 0.25) is 5.78 Å². The van der Waals surface area contributed by atoms with Crippen molar-refractivity contribution in [1.29, 1.82) is 0 Å². The molecule has 0 amide bonds. The fraction of sp³-hybridized carbons (Fsp3) is 0.565. The Morgan fingerprint density at radius 1 is 1.35 bits per heavy atom. The quantitative estimate of drug-likeness (QED) is 0.765. The smallest absolute Gasteiger partial charge is 0.201 e. The minimum atomic E-state index is 0.0244. The minimum Gasteiger partial charge on any atom is -0.342 e. The summed E-state index contributed by atoms with van der Waals surface area (Å²) in [4.78, 5) is 20.7. The third-order valence-corrected chi connectivity index (χ3v) is 7.06. The zero-order valence-corrected chi connectivity index (χ0v) is 16.4. The van der Waals surface area contributed by atoms with Gasteiger partial charge in [0.05, 0.1) is 0 Å². The first-order valence-electron chi connectivity index (χ1n) is 10.1. The van der Waals surface area contributed by atoms with Crippen molar-refractivity contribution in [2.45, 2.75) is 64.7 Å². The molecule has 2 aliphatic rings. The maximum atomic E-state index is 13.3. The number of ketones is 1. The van der Waals surface area contributed by atoms with Gasteiger partial charge in [-0.1, -0.05) is 58.7 Å². The van der Waals surface area contributed by atoms with Crippen LogP contribution in [0.1, 0.15) is 80.2 Å². The Morgan fingerprint density at radius 2 is 2.15 bits per heavy atom. The van der Waals surface area contributed by atoms with Crippen LogP contribution in [0.2, 0.25) is 0 Å². The van der Waals surface area contributed by atoms with E-state index in [9.17, 15) is 4.79 Å². The van der Waals surface area contributed by atoms with Crippen LogP contribution in [0, 0.1) is 17.8 Å². The monoisotopic (exact) mass is 350 g/mol. The molecule has 26 heavy (non-hydrogen) atoms. The molecule has 3 heteroatoms. The van der Waals surface area contributed by atoms with E-state index in [0.29, 0.717) is 23.6 Å². The van der Waals surface area contributed by atoms with E-state index in [1.807, 2.05) is 0 Å². The topological polar surface area (TPSA) is 45.8 Å². The normalized spacial score (nSPS) is 30.7. The maximum Gasteiger partial charge on any atom is 0.201 e. The number of benzene rings is 1. The number of carbonyl (C=O) groups excluding carboxylic acids is 1. The van der Waals surface area contributed by atoms with Gasteiger partial charge in [-0.2, -0.15) is 0 Å². The highest BCUT2D eigenvalue weighted by molar-refractivity contribution is 5.95. The number of rotatable bonds is 3. The second-order valence-electron chi connectivity index (χ2n) is 9.00. The van der Waals surface area contributed by atoms with Crippen LogP contribution in [-0.2, 0) is 11.8 Å². The molecule has 0 radical (unpaired) electrons. The van der Waals surface area contributed by atoms with E-state index in [4.69, 9.17) is 0 Å². The van der Waals surface area contributed by atoms with Crippen molar-refractivity contribution in [1.82, 2.24) is 9.97 Å². The van der Waals surface area contributed by atoms with Crippen molar-refractivity contribution in [3.05, 3.63) is 53.1 Å². The minimum absolute atomic E-state index is 0.0244. The molecule has 138 valence electrons. The molecule has 1 saturated carbocycles. The molecule has 4 atom stereocenters. The highest BCUT2D eigenvalue weighted by atomic mass is 16.1. The highest BCUT2D eigenvalue weighted by Crippen LogP contribution is 2.55. The zero-order chi connectivity index (χ0) is 18.5. The lowest BCUT2D eigenvalue weighted by Gasteiger charge is -2.52. The second-order valence-corrected chi connectivity index (χ2v) is 9.00. The molecule has 0 saturated heterocycles. The van der Waals surface area contributed by atoms with E-state index in [0.717, 1.165) is 6.42 Å². The molecule has 2 aliphatic carbocycles. The van der Waals surface area contributed by atoms with Crippen LogP contribution in [0.4, 0.5) is 0 Å². The number of imidazole rings is 1. The molecular weight excluding hydrogens is 320 g/mol. The third-order valence-electron chi connectivity index (χ3n) is 7.06. The van der Waals surface area contributed by atoms with Crippen molar-refractivity contribution in [2.24, 2.45) is 17.8 Å². The number of carbonyl (C=O) groups is 1. The fourth-order valence-corrected chi connectivity index (χ4v) is 5.81. The number of aromatic nitrogens is 2. The fourth-order valence-electron chi connectivity index (χ4n) is 5.81. The Morgan fingerprint density at radius 3 is 2.85 bits per heavy atom. The number of nitrogens with one attached hydrogen (secondary N) is 1. The Labute approximate surface area is 156 Å². The van der Waals surface area contributed by atoms with Crippen LogP contribution in [0.15, 0.2) is 30.6 Å². The van der Waals surface area contributed by atoms with E-state index < -0.39 is 0 Å². The Bertz CT molecular complexity index is 808. The van der Waals surface area contributed by atoms with E-state index in [2.05, 4.69) is 55.9 Å². The van der Waals surface area contributed by atoms with Gasteiger partial charge in [-0.25, -0.2) is 4.98 Å². The number of Topliss-reactive ketones (excluding diaryl/α,β-unsaturated/α-hetero) is 1. The molecule has 4 unspecified atom stereocenters. The summed E-state index contributed by atoms with van der Waals surface area (Å²) in [5.41, 5.74) is 4.34. The maximum absolute atomic E-state index is 13.3. The first kappa shape index (κ1) is 17.5. The van der Waals surface area contributed by atoms with Crippen LogP contribution in [-0.4, -0.2) is 15.8 Å². The average molecular weight is 351 g/mol. The predicted octanol–water partition coefficient (Wildman–Crippen LogP) is 5.28. The molecule has 0 aliphatic heterocycles. The summed E-state index contributed by atoms with van der Waals surface area (Å²) in [5.74, 6) is 2.22. The van der Waals surface area contributed by atoms with Gasteiger partial charge in [0.15, 0.2) is 5.82 Å². The van der Waals surface area contributed by atoms with Gasteiger partial charge in [0.1, 0.15) is 0 Å². The Kier molecular flexibility index (Phi) is 4.29. The second kappa shape index (κ2) is 6.37. The van der Waals surface area contributed by atoms with Crippen molar-refractivity contribution in [3.8, 4) is 0 Å². The molecule has 2 aromatic rings. The molecule has 1 aromatic heterocycles. The zero-order valence-electron chi connectivity index (χ0n) is 16.4. The van der Waals surface area contributed by atoms with Crippen LogP contribution in [0.3, 0.4) is 0 Å². The third kappa shape index (κ3) is 2.64. The number of hydrogen-bond acceptors (Lipinski definition) is 2. The number of H-pyrrole nitrogens is 1. The number of fused-ring (bicyclic) bond motifs is 3. The van der Waals surface area contributed by atoms with Gasteiger partial charge in [0, 0.05) is 18.3 Å². The van der Waals surface area contributed by atoms with Crippen LogP contribution in [0.25, 0.3) is 0 Å². The van der Waals surface area contributed by atoms with Gasteiger partial charge in [-0.3, -0.25) is 4.79 Å². The Balaban J connectivity index is 1.83. The van der Waals surface area contributed by atoms with Crippen molar-refractivity contribution in [2.75, 3.05) is 0 Å². The van der Waals surface area contributed by atoms with Crippen LogP contribution in [0.5, 0.6) is 0 Å². The number of aromatic amines is 1. The van der Waals surface area contributed by atoms with Crippen LogP contribution < -0.4 is 0 Å². The van der Waals surface area contributed by atoms with Crippen LogP contribution >= 0.6 is 0 Å². The van der Waals surface area contributed by atoms with E-state index >= 15 is 0 Å². The summed E-state index contributed by atoms with van der Waals surface area (Å²) >= 11 is 0. The first-order chi connectivity index (χ1) is 12.4.